The summed E-state index contributed by atoms with van der Waals surface area (Å²) >= 11 is 0. The van der Waals surface area contributed by atoms with Gasteiger partial charge in [0.15, 0.2) is 0 Å². The summed E-state index contributed by atoms with van der Waals surface area (Å²) in [7, 11) is 2.12. The molecule has 0 saturated carbocycles. The molecule has 0 atom stereocenters. The van der Waals surface area contributed by atoms with Crippen molar-refractivity contribution < 1.29 is 0 Å². The van der Waals surface area contributed by atoms with Gasteiger partial charge in [-0.15, -0.1) is 0 Å². The van der Waals surface area contributed by atoms with Gasteiger partial charge in [0.2, 0.25) is 0 Å². The number of hydrogen-bond donors (Lipinski definition) is 0. The Labute approximate surface area is 125 Å². The number of rotatable bonds is 1. The first kappa shape index (κ1) is 12.2. The van der Waals surface area contributed by atoms with Gasteiger partial charge in [-0.25, -0.2) is 0 Å². The second-order valence-electron chi connectivity index (χ2n) is 5.59. The average Bonchev–Trinajstić information content (AvgIpc) is 2.55. The predicted octanol–water partition coefficient (Wildman–Crippen LogP) is 3.92. The summed E-state index contributed by atoms with van der Waals surface area (Å²) in [6.45, 7) is 0. The Morgan fingerprint density at radius 2 is 1.14 bits per heavy atom. The molecule has 0 aliphatic carbocycles. The molecule has 0 saturated heterocycles. The Hall–Kier alpha value is -2.54. The fourth-order valence-electron chi connectivity index (χ4n) is 2.93. The fourth-order valence-corrected chi connectivity index (χ4v) is 2.93. The lowest BCUT2D eigenvalue weighted by Gasteiger charge is -2.07. The number of hydrogen-bond acceptors (Lipinski definition) is 0. The first-order valence-corrected chi connectivity index (χ1v) is 7.30. The summed E-state index contributed by atoms with van der Waals surface area (Å²) in [6, 6.07) is 28.5. The summed E-state index contributed by atoms with van der Waals surface area (Å²) in [5.41, 5.74) is 3.85. The zero-order chi connectivity index (χ0) is 14.2. The smallest absolute Gasteiger partial charge is 0.0889 e. The van der Waals surface area contributed by atoms with Gasteiger partial charge in [-0.05, 0) is 38.7 Å². The van der Waals surface area contributed by atoms with Crippen LogP contribution in [0.15, 0.2) is 78.9 Å². The molecule has 0 fully saturated rings. The van der Waals surface area contributed by atoms with Crippen molar-refractivity contribution >= 4 is 34.9 Å². The first-order valence-electron chi connectivity index (χ1n) is 7.30. The van der Waals surface area contributed by atoms with Gasteiger partial charge >= 0.3 is 0 Å². The fraction of sp³-hybridized carbons (Fsp3) is 0. The quantitative estimate of drug-likeness (QED) is 0.362. The summed E-state index contributed by atoms with van der Waals surface area (Å²) in [4.78, 5) is 0. The highest BCUT2D eigenvalue weighted by Gasteiger charge is 2.03. The van der Waals surface area contributed by atoms with Crippen molar-refractivity contribution in [2.45, 2.75) is 0 Å². The van der Waals surface area contributed by atoms with E-state index in [4.69, 9.17) is 0 Å². The second kappa shape index (κ2) is 4.78. The largest absolute Gasteiger partial charge is 0.139 e. The Bertz CT molecular complexity index is 937. The molecule has 4 aromatic rings. The molecule has 0 unspecified atom stereocenters. The molecule has 21 heavy (non-hydrogen) atoms. The molecular weight excluding hydrogens is 251 g/mol. The lowest BCUT2D eigenvalue weighted by molar-refractivity contribution is 1.67. The van der Waals surface area contributed by atoms with Gasteiger partial charge in [0.25, 0.3) is 0 Å². The van der Waals surface area contributed by atoms with E-state index in [1.165, 1.54) is 38.1 Å². The Kier molecular flexibility index (Phi) is 2.78. The standard InChI is InChI=1S/C20H15B/c21-18-11-9-14(10-12-18)17-8-7-16-6-5-15-3-1-2-4-19(15)20(16)13-17/h1-13H,21H2. The van der Waals surface area contributed by atoms with Gasteiger partial charge in [0.1, 0.15) is 7.85 Å². The lowest BCUT2D eigenvalue weighted by Crippen LogP contribution is -1.99. The van der Waals surface area contributed by atoms with E-state index in [-0.39, 0.29) is 0 Å². The Balaban J connectivity index is 2.00. The summed E-state index contributed by atoms with van der Waals surface area (Å²) < 4.78 is 0. The van der Waals surface area contributed by atoms with E-state index in [1.807, 2.05) is 0 Å². The van der Waals surface area contributed by atoms with Gasteiger partial charge in [-0.2, -0.15) is 0 Å². The monoisotopic (exact) mass is 266 g/mol. The Morgan fingerprint density at radius 1 is 0.524 bits per heavy atom. The van der Waals surface area contributed by atoms with Crippen LogP contribution in [0.5, 0.6) is 0 Å². The van der Waals surface area contributed by atoms with Crippen LogP contribution in [-0.4, -0.2) is 7.85 Å². The Morgan fingerprint density at radius 3 is 1.95 bits per heavy atom. The van der Waals surface area contributed by atoms with Crippen molar-refractivity contribution in [2.75, 3.05) is 0 Å². The normalized spacial score (nSPS) is 11.0. The van der Waals surface area contributed by atoms with Crippen molar-refractivity contribution in [3.8, 4) is 11.1 Å². The summed E-state index contributed by atoms with van der Waals surface area (Å²) in [6.07, 6.45) is 0. The molecule has 0 radical (unpaired) electrons. The van der Waals surface area contributed by atoms with Crippen LogP contribution in [0.2, 0.25) is 0 Å². The average molecular weight is 266 g/mol. The molecule has 0 aliphatic heterocycles. The first-order chi connectivity index (χ1) is 10.3. The molecule has 1 heteroatoms. The zero-order valence-electron chi connectivity index (χ0n) is 12.0. The highest BCUT2D eigenvalue weighted by Crippen LogP contribution is 2.29. The number of benzene rings is 4. The van der Waals surface area contributed by atoms with E-state index < -0.39 is 0 Å². The zero-order valence-corrected chi connectivity index (χ0v) is 12.0. The third kappa shape index (κ3) is 2.11. The molecule has 0 aromatic heterocycles. The van der Waals surface area contributed by atoms with Gasteiger partial charge < -0.3 is 0 Å². The molecule has 0 spiro atoms. The maximum atomic E-state index is 2.31. The molecule has 4 rings (SSSR count). The van der Waals surface area contributed by atoms with Crippen molar-refractivity contribution in [1.82, 2.24) is 0 Å². The maximum absolute atomic E-state index is 2.31. The third-order valence-corrected chi connectivity index (χ3v) is 4.13. The molecule has 0 amide bonds. The molecule has 4 aromatic carbocycles. The lowest BCUT2D eigenvalue weighted by atomic mass is 9.92. The van der Waals surface area contributed by atoms with Crippen LogP contribution in [0.25, 0.3) is 32.7 Å². The van der Waals surface area contributed by atoms with Crippen LogP contribution in [0.3, 0.4) is 0 Å². The minimum absolute atomic E-state index is 1.27. The van der Waals surface area contributed by atoms with Crippen molar-refractivity contribution in [1.29, 1.82) is 0 Å². The van der Waals surface area contributed by atoms with E-state index >= 15 is 0 Å². The minimum Gasteiger partial charge on any atom is -0.0889 e. The van der Waals surface area contributed by atoms with Crippen LogP contribution in [-0.2, 0) is 0 Å². The van der Waals surface area contributed by atoms with Crippen molar-refractivity contribution in [3.05, 3.63) is 78.9 Å². The third-order valence-electron chi connectivity index (χ3n) is 4.13. The van der Waals surface area contributed by atoms with E-state index in [9.17, 15) is 0 Å². The van der Waals surface area contributed by atoms with Crippen LogP contribution in [0.4, 0.5) is 0 Å². The van der Waals surface area contributed by atoms with E-state index in [2.05, 4.69) is 86.7 Å². The summed E-state index contributed by atoms with van der Waals surface area (Å²) in [5, 5.41) is 5.24. The van der Waals surface area contributed by atoms with Crippen molar-refractivity contribution in [3.63, 3.8) is 0 Å². The van der Waals surface area contributed by atoms with Gasteiger partial charge in [0.05, 0.1) is 0 Å². The number of fused-ring (bicyclic) bond motifs is 3. The highest BCUT2D eigenvalue weighted by atomic mass is 14.1. The predicted molar refractivity (Wildman–Crippen MR) is 95.1 cm³/mol. The van der Waals surface area contributed by atoms with Crippen LogP contribution < -0.4 is 5.46 Å². The van der Waals surface area contributed by atoms with Gasteiger partial charge in [-0.1, -0.05) is 78.3 Å². The van der Waals surface area contributed by atoms with Crippen LogP contribution in [0, 0.1) is 0 Å². The molecule has 0 N–H and O–H groups in total. The molecule has 0 bridgehead atoms. The van der Waals surface area contributed by atoms with Gasteiger partial charge in [0, 0.05) is 0 Å². The van der Waals surface area contributed by atoms with Gasteiger partial charge in [-0.3, -0.25) is 0 Å². The van der Waals surface area contributed by atoms with Crippen LogP contribution >= 0.6 is 0 Å². The van der Waals surface area contributed by atoms with E-state index in [1.54, 1.807) is 0 Å². The van der Waals surface area contributed by atoms with Crippen LogP contribution in [0.1, 0.15) is 0 Å². The molecule has 98 valence electrons. The maximum Gasteiger partial charge on any atom is 0.139 e. The topological polar surface area (TPSA) is 0 Å². The summed E-state index contributed by atoms with van der Waals surface area (Å²) in [5.74, 6) is 0. The minimum atomic E-state index is 1.27. The van der Waals surface area contributed by atoms with E-state index in [0.29, 0.717) is 0 Å². The molecule has 0 heterocycles. The van der Waals surface area contributed by atoms with E-state index in [0.717, 1.165) is 0 Å². The second-order valence-corrected chi connectivity index (χ2v) is 5.59. The molecule has 0 aliphatic rings. The SMILES string of the molecule is Bc1ccc(-c2ccc3ccc4ccccc4c3c2)cc1. The molecule has 0 nitrogen and oxygen atoms in total. The van der Waals surface area contributed by atoms with Crippen molar-refractivity contribution in [2.24, 2.45) is 0 Å². The molecular formula is C20H15B. The highest BCUT2D eigenvalue weighted by molar-refractivity contribution is 6.32.